The van der Waals surface area contributed by atoms with Crippen molar-refractivity contribution in [2.45, 2.75) is 89.7 Å². The van der Waals surface area contributed by atoms with Gasteiger partial charge in [-0.25, -0.2) is 0 Å². The molecule has 0 saturated carbocycles. The number of carbonyl (C=O) groups is 1. The first-order valence-electron chi connectivity index (χ1n) is 8.45. The van der Waals surface area contributed by atoms with Crippen molar-refractivity contribution >= 4 is 17.7 Å². The lowest BCUT2D eigenvalue weighted by atomic mass is 10.1. The highest BCUT2D eigenvalue weighted by Gasteiger charge is 2.18. The fourth-order valence-corrected chi connectivity index (χ4v) is 3.49. The number of hydrogen-bond donors (Lipinski definition) is 0. The Hall–Kier alpha value is -0.180. The Morgan fingerprint density at radius 1 is 0.900 bits per heavy atom. The summed E-state index contributed by atoms with van der Waals surface area (Å²) in [4.78, 5) is 11.8. The van der Waals surface area contributed by atoms with Crippen molar-refractivity contribution in [3.05, 3.63) is 0 Å². The molecule has 0 N–H and O–H groups in total. The highest BCUT2D eigenvalue weighted by atomic mass is 32.2. The summed E-state index contributed by atoms with van der Waals surface area (Å²) in [5, 5.41) is 0.0628. The van der Waals surface area contributed by atoms with Crippen molar-refractivity contribution in [3.8, 4) is 0 Å². The fourth-order valence-electron chi connectivity index (χ4n) is 2.27. The van der Waals surface area contributed by atoms with Crippen molar-refractivity contribution in [1.82, 2.24) is 0 Å². The van der Waals surface area contributed by atoms with Gasteiger partial charge in [-0.15, -0.1) is 11.8 Å². The zero-order valence-electron chi connectivity index (χ0n) is 13.8. The van der Waals surface area contributed by atoms with E-state index in [1.807, 2.05) is 0 Å². The second kappa shape index (κ2) is 15.2. The van der Waals surface area contributed by atoms with Gasteiger partial charge in [0.1, 0.15) is 5.25 Å². The molecule has 0 aliphatic rings. The lowest BCUT2D eigenvalue weighted by molar-refractivity contribution is -0.140. The van der Waals surface area contributed by atoms with Crippen LogP contribution in [0.15, 0.2) is 0 Å². The van der Waals surface area contributed by atoms with Gasteiger partial charge in [-0.3, -0.25) is 4.79 Å². The molecule has 0 saturated heterocycles. The smallest absolute Gasteiger partial charge is 0.318 e. The lowest BCUT2D eigenvalue weighted by Gasteiger charge is -2.14. The standard InChI is InChI=1S/C17H34O2S/c1-4-6-8-10-11-12-14-16(17(18)19-3)20-15-13-9-7-5-2/h16H,4-15H2,1-3H3/t16-/m1/s1. The van der Waals surface area contributed by atoms with Gasteiger partial charge in [-0.1, -0.05) is 71.6 Å². The van der Waals surface area contributed by atoms with E-state index in [1.54, 1.807) is 11.8 Å². The van der Waals surface area contributed by atoms with E-state index in [2.05, 4.69) is 13.8 Å². The van der Waals surface area contributed by atoms with E-state index in [0.717, 1.165) is 18.6 Å². The molecule has 0 unspecified atom stereocenters. The average Bonchev–Trinajstić information content (AvgIpc) is 2.47. The molecule has 0 aromatic carbocycles. The fraction of sp³-hybridized carbons (Fsp3) is 0.941. The normalized spacial score (nSPS) is 12.3. The third kappa shape index (κ3) is 11.6. The van der Waals surface area contributed by atoms with Crippen LogP contribution in [0.3, 0.4) is 0 Å². The summed E-state index contributed by atoms with van der Waals surface area (Å²) in [6.07, 6.45) is 13.8. The third-order valence-corrected chi connectivity index (χ3v) is 4.96. The first-order chi connectivity index (χ1) is 9.76. The summed E-state index contributed by atoms with van der Waals surface area (Å²) >= 11 is 1.80. The molecule has 0 aromatic heterocycles. The van der Waals surface area contributed by atoms with Crippen molar-refractivity contribution in [2.24, 2.45) is 0 Å². The van der Waals surface area contributed by atoms with Gasteiger partial charge >= 0.3 is 5.97 Å². The van der Waals surface area contributed by atoms with Gasteiger partial charge in [0.25, 0.3) is 0 Å². The highest BCUT2D eigenvalue weighted by molar-refractivity contribution is 8.00. The number of rotatable bonds is 14. The zero-order chi connectivity index (χ0) is 15.1. The summed E-state index contributed by atoms with van der Waals surface area (Å²) in [6, 6.07) is 0. The highest BCUT2D eigenvalue weighted by Crippen LogP contribution is 2.21. The van der Waals surface area contributed by atoms with Crippen LogP contribution in [0.2, 0.25) is 0 Å². The number of esters is 1. The van der Waals surface area contributed by atoms with E-state index in [9.17, 15) is 4.79 Å². The van der Waals surface area contributed by atoms with E-state index in [-0.39, 0.29) is 11.2 Å². The van der Waals surface area contributed by atoms with Crippen molar-refractivity contribution in [3.63, 3.8) is 0 Å². The van der Waals surface area contributed by atoms with Crippen LogP contribution in [0.5, 0.6) is 0 Å². The molecule has 0 spiro atoms. The van der Waals surface area contributed by atoms with Gasteiger partial charge in [-0.2, -0.15) is 0 Å². The molecule has 2 nitrogen and oxygen atoms in total. The van der Waals surface area contributed by atoms with E-state index >= 15 is 0 Å². The molecule has 0 heterocycles. The number of ether oxygens (including phenoxy) is 1. The molecule has 0 fully saturated rings. The average molecular weight is 303 g/mol. The van der Waals surface area contributed by atoms with Gasteiger partial charge in [0.2, 0.25) is 0 Å². The SMILES string of the molecule is CCCCCCCC[C@@H](SCCCCCC)C(=O)OC. The third-order valence-electron chi connectivity index (χ3n) is 3.60. The molecule has 0 aliphatic heterocycles. The maximum atomic E-state index is 11.8. The summed E-state index contributed by atoms with van der Waals surface area (Å²) in [5.41, 5.74) is 0. The predicted molar refractivity (Wildman–Crippen MR) is 90.4 cm³/mol. The van der Waals surface area contributed by atoms with Crippen LogP contribution < -0.4 is 0 Å². The summed E-state index contributed by atoms with van der Waals surface area (Å²) < 4.78 is 4.93. The topological polar surface area (TPSA) is 26.3 Å². The number of thioether (sulfide) groups is 1. The van der Waals surface area contributed by atoms with Gasteiger partial charge in [0.15, 0.2) is 0 Å². The van der Waals surface area contributed by atoms with Crippen LogP contribution in [-0.4, -0.2) is 24.1 Å². The minimum atomic E-state index is -0.0287. The number of unbranched alkanes of at least 4 members (excludes halogenated alkanes) is 8. The molecule has 20 heavy (non-hydrogen) atoms. The summed E-state index contributed by atoms with van der Waals surface area (Å²) in [6.45, 7) is 4.46. The summed E-state index contributed by atoms with van der Waals surface area (Å²) in [7, 11) is 1.51. The first kappa shape index (κ1) is 19.8. The van der Waals surface area contributed by atoms with Gasteiger partial charge in [-0.05, 0) is 18.6 Å². The van der Waals surface area contributed by atoms with E-state index in [1.165, 1.54) is 64.9 Å². The maximum Gasteiger partial charge on any atom is 0.318 e. The molecule has 120 valence electrons. The quantitative estimate of drug-likeness (QED) is 0.309. The molecule has 0 aliphatic carbocycles. The molecule has 0 rings (SSSR count). The molecule has 0 amide bonds. The lowest BCUT2D eigenvalue weighted by Crippen LogP contribution is -2.19. The van der Waals surface area contributed by atoms with Crippen LogP contribution in [0.25, 0.3) is 0 Å². The Bertz CT molecular complexity index is 219. The number of carbonyl (C=O) groups excluding carboxylic acids is 1. The second-order valence-electron chi connectivity index (χ2n) is 5.50. The van der Waals surface area contributed by atoms with Gasteiger partial charge in [0.05, 0.1) is 7.11 Å². The zero-order valence-corrected chi connectivity index (χ0v) is 14.6. The largest absolute Gasteiger partial charge is 0.468 e. The van der Waals surface area contributed by atoms with E-state index in [0.29, 0.717) is 0 Å². The van der Waals surface area contributed by atoms with Gasteiger partial charge < -0.3 is 4.74 Å². The minimum Gasteiger partial charge on any atom is -0.468 e. The Balaban J connectivity index is 3.71. The first-order valence-corrected chi connectivity index (χ1v) is 9.50. The molecular formula is C17H34O2S. The van der Waals surface area contributed by atoms with Crippen LogP contribution in [-0.2, 0) is 9.53 Å². The maximum absolute atomic E-state index is 11.8. The monoisotopic (exact) mass is 302 g/mol. The minimum absolute atomic E-state index is 0.0287. The van der Waals surface area contributed by atoms with Crippen molar-refractivity contribution < 1.29 is 9.53 Å². The van der Waals surface area contributed by atoms with Crippen molar-refractivity contribution in [1.29, 1.82) is 0 Å². The Labute approximate surface area is 130 Å². The number of hydrogen-bond acceptors (Lipinski definition) is 3. The number of methoxy groups -OCH3 is 1. The Kier molecular flexibility index (Phi) is 15.1. The molecule has 0 radical (unpaired) electrons. The van der Waals surface area contributed by atoms with E-state index < -0.39 is 0 Å². The van der Waals surface area contributed by atoms with Crippen LogP contribution in [0.1, 0.15) is 84.5 Å². The molecule has 1 atom stereocenters. The molecular weight excluding hydrogens is 268 g/mol. The van der Waals surface area contributed by atoms with E-state index in [4.69, 9.17) is 4.74 Å². The summed E-state index contributed by atoms with van der Waals surface area (Å²) in [5.74, 6) is 1.06. The van der Waals surface area contributed by atoms with Crippen molar-refractivity contribution in [2.75, 3.05) is 12.9 Å². The Morgan fingerprint density at radius 2 is 1.45 bits per heavy atom. The molecule has 3 heteroatoms. The van der Waals surface area contributed by atoms with Crippen LogP contribution in [0, 0.1) is 0 Å². The predicted octanol–water partition coefficient (Wildman–Crippen LogP) is 5.59. The molecule has 0 aromatic rings. The van der Waals surface area contributed by atoms with Crippen LogP contribution in [0.4, 0.5) is 0 Å². The van der Waals surface area contributed by atoms with Gasteiger partial charge in [0, 0.05) is 0 Å². The molecule has 0 bridgehead atoms. The Morgan fingerprint density at radius 3 is 2.05 bits per heavy atom. The second-order valence-corrected chi connectivity index (χ2v) is 6.81. The van der Waals surface area contributed by atoms with Crippen LogP contribution >= 0.6 is 11.8 Å².